The fraction of sp³-hybridized carbons (Fsp3) is 0.500. The van der Waals surface area contributed by atoms with E-state index in [0.29, 0.717) is 25.0 Å². The maximum atomic E-state index is 6.20. The average molecular weight is 497 g/mol. The molecule has 4 rings (SSSR count). The van der Waals surface area contributed by atoms with Gasteiger partial charge in [-0.2, -0.15) is 5.10 Å². The van der Waals surface area contributed by atoms with E-state index >= 15 is 0 Å². The summed E-state index contributed by atoms with van der Waals surface area (Å²) in [6.45, 7) is 5.00. The van der Waals surface area contributed by atoms with Gasteiger partial charge in [0.2, 0.25) is 0 Å². The molecule has 0 radical (unpaired) electrons. The Kier molecular flexibility index (Phi) is 7.17. The fourth-order valence-corrected chi connectivity index (χ4v) is 3.93. The second-order valence-corrected chi connectivity index (χ2v) is 7.01. The summed E-state index contributed by atoms with van der Waals surface area (Å²) in [5.74, 6) is 1.71. The van der Waals surface area contributed by atoms with E-state index in [1.807, 2.05) is 35.1 Å². The van der Waals surface area contributed by atoms with Gasteiger partial charge in [0.15, 0.2) is 5.96 Å². The molecule has 0 amide bonds. The molecule has 1 fully saturated rings. The van der Waals surface area contributed by atoms with Crippen molar-refractivity contribution in [1.29, 1.82) is 0 Å². The largest absolute Gasteiger partial charge is 0.493 e. The highest BCUT2D eigenvalue weighted by molar-refractivity contribution is 14.0. The minimum absolute atomic E-state index is 0. The highest BCUT2D eigenvalue weighted by atomic mass is 127. The molecule has 2 aliphatic rings. The van der Waals surface area contributed by atoms with E-state index in [1.54, 1.807) is 0 Å². The molecule has 2 aromatic rings. The quantitative estimate of drug-likeness (QED) is 0.377. The van der Waals surface area contributed by atoms with Crippen molar-refractivity contribution in [2.24, 2.45) is 16.6 Å². The average Bonchev–Trinajstić information content (AvgIpc) is 3.35. The van der Waals surface area contributed by atoms with Gasteiger partial charge < -0.3 is 20.5 Å². The molecule has 1 unspecified atom stereocenters. The summed E-state index contributed by atoms with van der Waals surface area (Å²) in [6.07, 6.45) is 3.72. The van der Waals surface area contributed by atoms with Gasteiger partial charge in [-0.25, -0.2) is 0 Å². The number of benzene rings is 1. The number of rotatable bonds is 5. The molecule has 1 aromatic carbocycles. The van der Waals surface area contributed by atoms with E-state index in [-0.39, 0.29) is 36.1 Å². The molecule has 28 heavy (non-hydrogen) atoms. The van der Waals surface area contributed by atoms with Crippen LogP contribution in [-0.4, -0.2) is 35.5 Å². The number of nitrogens with zero attached hydrogens (tertiary/aromatic N) is 3. The number of nitrogens with two attached hydrogens (primary N) is 1. The number of aryl methyl sites for hydroxylation is 1. The zero-order chi connectivity index (χ0) is 18.6. The van der Waals surface area contributed by atoms with Gasteiger partial charge >= 0.3 is 0 Å². The molecule has 7 nitrogen and oxygen atoms in total. The first kappa shape index (κ1) is 20.9. The van der Waals surface area contributed by atoms with Crippen LogP contribution >= 0.6 is 24.0 Å². The Bertz CT molecular complexity index is 809. The zero-order valence-corrected chi connectivity index (χ0v) is 18.4. The summed E-state index contributed by atoms with van der Waals surface area (Å²) < 4.78 is 13.7. The lowest BCUT2D eigenvalue weighted by Gasteiger charge is -2.27. The number of ether oxygens (including phenoxy) is 2. The number of fused-ring (bicyclic) bond motifs is 1. The predicted molar refractivity (Wildman–Crippen MR) is 119 cm³/mol. The van der Waals surface area contributed by atoms with E-state index in [0.717, 1.165) is 43.0 Å². The molecule has 0 saturated carbocycles. The van der Waals surface area contributed by atoms with Gasteiger partial charge in [-0.1, -0.05) is 18.2 Å². The number of halogens is 1. The maximum absolute atomic E-state index is 6.20. The Balaban J connectivity index is 0.00000225. The molecule has 2 aliphatic heterocycles. The molecule has 3 N–H and O–H groups in total. The minimum Gasteiger partial charge on any atom is -0.493 e. The van der Waals surface area contributed by atoms with Gasteiger partial charge in [-0.3, -0.25) is 9.67 Å². The Labute approximate surface area is 182 Å². The first-order chi connectivity index (χ1) is 13.3. The van der Waals surface area contributed by atoms with Crippen LogP contribution in [0.15, 0.2) is 41.5 Å². The summed E-state index contributed by atoms with van der Waals surface area (Å²) in [6, 6.07) is 10.2. The van der Waals surface area contributed by atoms with Crippen LogP contribution in [0.2, 0.25) is 0 Å². The highest BCUT2D eigenvalue weighted by Gasteiger charge is 2.32. The number of nitrogens with one attached hydrogen (secondary N) is 1. The van der Waals surface area contributed by atoms with E-state index in [2.05, 4.69) is 28.4 Å². The van der Waals surface area contributed by atoms with Crippen LogP contribution in [0.4, 0.5) is 0 Å². The SMILES string of the molecule is CCn1nccc1[C@@H]1OCC[C@H]1CN=C(N)NC1CCOc2ccccc21.I. The zero-order valence-electron chi connectivity index (χ0n) is 16.1. The Morgan fingerprint density at radius 2 is 2.14 bits per heavy atom. The van der Waals surface area contributed by atoms with Gasteiger partial charge in [0.1, 0.15) is 11.9 Å². The van der Waals surface area contributed by atoms with E-state index in [4.69, 9.17) is 15.2 Å². The highest BCUT2D eigenvalue weighted by Crippen LogP contribution is 2.35. The molecule has 0 spiro atoms. The first-order valence-electron chi connectivity index (χ1n) is 9.67. The summed E-state index contributed by atoms with van der Waals surface area (Å²) in [5.41, 5.74) is 8.46. The van der Waals surface area contributed by atoms with Crippen molar-refractivity contribution in [3.8, 4) is 5.75 Å². The van der Waals surface area contributed by atoms with Crippen LogP contribution in [0, 0.1) is 5.92 Å². The number of aromatic nitrogens is 2. The molecule has 0 bridgehead atoms. The molecule has 8 heteroatoms. The summed E-state index contributed by atoms with van der Waals surface area (Å²) >= 11 is 0. The molecular weight excluding hydrogens is 469 g/mol. The van der Waals surface area contributed by atoms with Crippen LogP contribution in [0.3, 0.4) is 0 Å². The Hall–Kier alpha value is -1.81. The van der Waals surface area contributed by atoms with Crippen LogP contribution < -0.4 is 15.8 Å². The van der Waals surface area contributed by atoms with Gasteiger partial charge in [-0.15, -0.1) is 24.0 Å². The normalized spacial score (nSPS) is 24.2. The molecule has 0 aliphatic carbocycles. The Morgan fingerprint density at radius 3 is 3.00 bits per heavy atom. The summed E-state index contributed by atoms with van der Waals surface area (Å²) in [4.78, 5) is 4.62. The van der Waals surface area contributed by atoms with Gasteiger partial charge in [0.25, 0.3) is 0 Å². The molecule has 3 heterocycles. The molecule has 3 atom stereocenters. The number of para-hydroxylation sites is 1. The third-order valence-corrected chi connectivity index (χ3v) is 5.33. The third-order valence-electron chi connectivity index (χ3n) is 5.33. The molecule has 152 valence electrons. The standard InChI is InChI=1S/C20H27N5O2.HI/c1-2-25-17(7-10-23-25)19-14(8-11-27-19)13-22-20(21)24-16-9-12-26-18-6-4-3-5-15(16)18;/h3-7,10,14,16,19H,2,8-9,11-13H2,1H3,(H3,21,22,24);1H/t14-,16?,19+;/m0./s1. The van der Waals surface area contributed by atoms with Crippen molar-refractivity contribution in [3.63, 3.8) is 0 Å². The van der Waals surface area contributed by atoms with Gasteiger partial charge in [0.05, 0.1) is 18.3 Å². The van der Waals surface area contributed by atoms with Crippen molar-refractivity contribution < 1.29 is 9.47 Å². The van der Waals surface area contributed by atoms with Gasteiger partial charge in [-0.05, 0) is 25.5 Å². The lowest BCUT2D eigenvalue weighted by atomic mass is 9.99. The van der Waals surface area contributed by atoms with Crippen LogP contribution in [-0.2, 0) is 11.3 Å². The topological polar surface area (TPSA) is 86.7 Å². The molecular formula is C20H28IN5O2. The molecule has 1 saturated heterocycles. The third kappa shape index (κ3) is 4.43. The Morgan fingerprint density at radius 1 is 1.29 bits per heavy atom. The minimum atomic E-state index is 0. The fourth-order valence-electron chi connectivity index (χ4n) is 3.93. The lowest BCUT2D eigenvalue weighted by Crippen LogP contribution is -2.37. The first-order valence-corrected chi connectivity index (χ1v) is 9.67. The maximum Gasteiger partial charge on any atom is 0.189 e. The predicted octanol–water partition coefficient (Wildman–Crippen LogP) is 3.03. The molecule has 1 aromatic heterocycles. The van der Waals surface area contributed by atoms with Crippen molar-refractivity contribution in [2.45, 2.75) is 38.5 Å². The summed E-state index contributed by atoms with van der Waals surface area (Å²) in [7, 11) is 0. The number of aliphatic imine (C=N–C) groups is 1. The van der Waals surface area contributed by atoms with Crippen molar-refractivity contribution >= 4 is 29.9 Å². The van der Waals surface area contributed by atoms with Crippen molar-refractivity contribution in [1.82, 2.24) is 15.1 Å². The summed E-state index contributed by atoms with van der Waals surface area (Å²) in [5, 5.41) is 7.72. The second-order valence-electron chi connectivity index (χ2n) is 7.01. The number of hydrogen-bond donors (Lipinski definition) is 2. The van der Waals surface area contributed by atoms with Crippen LogP contribution in [0.5, 0.6) is 5.75 Å². The smallest absolute Gasteiger partial charge is 0.189 e. The van der Waals surface area contributed by atoms with Crippen molar-refractivity contribution in [3.05, 3.63) is 47.8 Å². The second kappa shape index (κ2) is 9.60. The van der Waals surface area contributed by atoms with Gasteiger partial charge in [0, 0.05) is 43.8 Å². The lowest BCUT2D eigenvalue weighted by molar-refractivity contribution is 0.0851. The van der Waals surface area contributed by atoms with Crippen LogP contribution in [0.25, 0.3) is 0 Å². The van der Waals surface area contributed by atoms with Crippen molar-refractivity contribution in [2.75, 3.05) is 19.8 Å². The number of hydrogen-bond acceptors (Lipinski definition) is 4. The van der Waals surface area contributed by atoms with E-state index in [1.165, 1.54) is 0 Å². The van der Waals surface area contributed by atoms with Crippen LogP contribution in [0.1, 0.15) is 43.2 Å². The number of guanidine groups is 1. The van der Waals surface area contributed by atoms with E-state index in [9.17, 15) is 0 Å². The van der Waals surface area contributed by atoms with E-state index < -0.39 is 0 Å². The monoisotopic (exact) mass is 497 g/mol.